The lowest BCUT2D eigenvalue weighted by atomic mass is 10.1. The molecule has 0 bridgehead atoms. The van der Waals surface area contributed by atoms with Crippen LogP contribution in [0.2, 0.25) is 0 Å². The maximum atomic E-state index is 11.6. The van der Waals surface area contributed by atoms with Gasteiger partial charge in [0.25, 0.3) is 11.6 Å². The molecule has 4 rings (SSSR count). The second-order valence-corrected chi connectivity index (χ2v) is 6.11. The lowest BCUT2D eigenvalue weighted by molar-refractivity contribution is 0.143. The van der Waals surface area contributed by atoms with E-state index in [9.17, 15) is 4.79 Å². The Morgan fingerprint density at radius 1 is 1.12 bits per heavy atom. The molecule has 1 aromatic heterocycles. The summed E-state index contributed by atoms with van der Waals surface area (Å²) in [4.78, 5) is 15.5. The van der Waals surface area contributed by atoms with Crippen molar-refractivity contribution in [1.82, 2.24) is 9.55 Å². The SMILES string of the molecule is Cc1cn2c(nc1=O)O[C@H](COc1ccc(-c3ccccc3)cc1)C2. The minimum atomic E-state index is -0.246. The van der Waals surface area contributed by atoms with Crippen molar-refractivity contribution in [2.45, 2.75) is 19.6 Å². The average Bonchev–Trinajstić information content (AvgIpc) is 3.03. The van der Waals surface area contributed by atoms with Gasteiger partial charge in [0.15, 0.2) is 6.10 Å². The van der Waals surface area contributed by atoms with E-state index in [-0.39, 0.29) is 11.7 Å². The Balaban J connectivity index is 1.39. The Morgan fingerprint density at radius 3 is 2.60 bits per heavy atom. The minimum absolute atomic E-state index is 0.150. The van der Waals surface area contributed by atoms with Crippen molar-refractivity contribution in [1.29, 1.82) is 0 Å². The van der Waals surface area contributed by atoms with Crippen LogP contribution < -0.4 is 15.0 Å². The highest BCUT2D eigenvalue weighted by atomic mass is 16.6. The van der Waals surface area contributed by atoms with Crippen LogP contribution in [-0.4, -0.2) is 22.3 Å². The molecule has 5 nitrogen and oxygen atoms in total. The molecule has 2 heterocycles. The third-order valence-electron chi connectivity index (χ3n) is 4.20. The number of hydrogen-bond acceptors (Lipinski definition) is 4. The molecule has 0 fully saturated rings. The van der Waals surface area contributed by atoms with E-state index in [4.69, 9.17) is 9.47 Å². The van der Waals surface area contributed by atoms with Gasteiger partial charge in [-0.2, -0.15) is 4.98 Å². The first-order valence-corrected chi connectivity index (χ1v) is 8.22. The monoisotopic (exact) mass is 334 g/mol. The fourth-order valence-electron chi connectivity index (χ4n) is 2.86. The van der Waals surface area contributed by atoms with Crippen LogP contribution in [0.4, 0.5) is 0 Å². The maximum absolute atomic E-state index is 11.6. The fourth-order valence-corrected chi connectivity index (χ4v) is 2.86. The Morgan fingerprint density at radius 2 is 1.84 bits per heavy atom. The molecule has 3 aromatic rings. The lowest BCUT2D eigenvalue weighted by Gasteiger charge is -2.11. The van der Waals surface area contributed by atoms with Crippen LogP contribution in [0.1, 0.15) is 5.56 Å². The zero-order chi connectivity index (χ0) is 17.2. The van der Waals surface area contributed by atoms with Gasteiger partial charge in [-0.05, 0) is 30.2 Å². The Labute approximate surface area is 145 Å². The number of benzene rings is 2. The van der Waals surface area contributed by atoms with Gasteiger partial charge in [0, 0.05) is 11.8 Å². The van der Waals surface area contributed by atoms with E-state index in [1.165, 1.54) is 5.56 Å². The standard InChI is InChI=1S/C20H18N2O3/c1-14-11-22-12-18(25-20(22)21-19(14)23)13-24-17-9-7-16(8-10-17)15-5-3-2-4-6-15/h2-11,18H,12-13H2,1H3/t18-/m0/s1. The molecule has 5 heteroatoms. The molecule has 1 aliphatic heterocycles. The Bertz CT molecular complexity index is 933. The topological polar surface area (TPSA) is 53.4 Å². The van der Waals surface area contributed by atoms with Gasteiger partial charge >= 0.3 is 0 Å². The highest BCUT2D eigenvalue weighted by Crippen LogP contribution is 2.23. The third kappa shape index (κ3) is 3.26. The van der Waals surface area contributed by atoms with Crippen molar-refractivity contribution in [3.8, 4) is 22.9 Å². The van der Waals surface area contributed by atoms with Gasteiger partial charge in [-0.25, -0.2) is 0 Å². The predicted octanol–water partition coefficient (Wildman–Crippen LogP) is 3.06. The van der Waals surface area contributed by atoms with Gasteiger partial charge in [0.05, 0.1) is 6.54 Å². The van der Waals surface area contributed by atoms with Crippen LogP contribution in [0.3, 0.4) is 0 Å². The summed E-state index contributed by atoms with van der Waals surface area (Å²) in [6, 6.07) is 18.6. The van der Waals surface area contributed by atoms with Gasteiger partial charge in [-0.15, -0.1) is 0 Å². The van der Waals surface area contributed by atoms with Crippen LogP contribution in [0.5, 0.6) is 11.8 Å². The molecule has 1 atom stereocenters. The summed E-state index contributed by atoms with van der Waals surface area (Å²) in [6.45, 7) is 2.79. The van der Waals surface area contributed by atoms with E-state index in [1.807, 2.05) is 47.0 Å². The molecule has 0 N–H and O–H groups in total. The van der Waals surface area contributed by atoms with Gasteiger partial charge in [-0.3, -0.25) is 9.36 Å². The fraction of sp³-hybridized carbons (Fsp3) is 0.200. The summed E-state index contributed by atoms with van der Waals surface area (Å²) >= 11 is 0. The van der Waals surface area contributed by atoms with Crippen molar-refractivity contribution in [3.05, 3.63) is 76.7 Å². The number of nitrogens with zero attached hydrogens (tertiary/aromatic N) is 2. The van der Waals surface area contributed by atoms with Gasteiger partial charge in [0.2, 0.25) is 0 Å². The largest absolute Gasteiger partial charge is 0.490 e. The quantitative estimate of drug-likeness (QED) is 0.736. The molecule has 0 aliphatic carbocycles. The number of rotatable bonds is 4. The van der Waals surface area contributed by atoms with Crippen LogP contribution in [0.15, 0.2) is 65.6 Å². The molecule has 0 unspecified atom stereocenters. The average molecular weight is 334 g/mol. The molecule has 0 amide bonds. The van der Waals surface area contributed by atoms with Crippen LogP contribution in [-0.2, 0) is 6.54 Å². The molecular formula is C20H18N2O3. The van der Waals surface area contributed by atoms with E-state index in [0.717, 1.165) is 11.3 Å². The third-order valence-corrected chi connectivity index (χ3v) is 4.20. The number of aryl methyl sites for hydroxylation is 1. The molecule has 0 saturated carbocycles. The summed E-state index contributed by atoms with van der Waals surface area (Å²) in [5.41, 5.74) is 2.69. The van der Waals surface area contributed by atoms with Crippen LogP contribution >= 0.6 is 0 Å². The number of fused-ring (bicyclic) bond motifs is 1. The molecular weight excluding hydrogens is 316 g/mol. The molecule has 126 valence electrons. The first-order chi connectivity index (χ1) is 12.2. The van der Waals surface area contributed by atoms with Crippen molar-refractivity contribution in [3.63, 3.8) is 0 Å². The first kappa shape index (κ1) is 15.4. The van der Waals surface area contributed by atoms with Crippen molar-refractivity contribution < 1.29 is 9.47 Å². The van der Waals surface area contributed by atoms with E-state index >= 15 is 0 Å². The zero-order valence-corrected chi connectivity index (χ0v) is 13.9. The minimum Gasteiger partial charge on any atom is -0.490 e. The van der Waals surface area contributed by atoms with E-state index in [1.54, 1.807) is 13.1 Å². The first-order valence-electron chi connectivity index (χ1n) is 8.22. The second-order valence-electron chi connectivity index (χ2n) is 6.11. The van der Waals surface area contributed by atoms with E-state index in [0.29, 0.717) is 24.7 Å². The van der Waals surface area contributed by atoms with E-state index < -0.39 is 0 Å². The summed E-state index contributed by atoms with van der Waals surface area (Å²) in [5.74, 6) is 0.790. The highest BCUT2D eigenvalue weighted by molar-refractivity contribution is 5.63. The smallest absolute Gasteiger partial charge is 0.300 e. The van der Waals surface area contributed by atoms with Crippen molar-refractivity contribution in [2.24, 2.45) is 0 Å². The lowest BCUT2D eigenvalue weighted by Crippen LogP contribution is -2.23. The van der Waals surface area contributed by atoms with Crippen LogP contribution in [0, 0.1) is 6.92 Å². The predicted molar refractivity (Wildman–Crippen MR) is 95.0 cm³/mol. The Kier molecular flexibility index (Phi) is 3.98. The van der Waals surface area contributed by atoms with E-state index in [2.05, 4.69) is 17.1 Å². The van der Waals surface area contributed by atoms with Gasteiger partial charge < -0.3 is 9.47 Å². The summed E-state index contributed by atoms with van der Waals surface area (Å²) < 4.78 is 13.4. The number of hydrogen-bond donors (Lipinski definition) is 0. The molecule has 0 saturated heterocycles. The molecule has 1 aliphatic rings. The summed E-state index contributed by atoms with van der Waals surface area (Å²) in [5, 5.41) is 0. The van der Waals surface area contributed by atoms with Crippen LogP contribution in [0.25, 0.3) is 11.1 Å². The zero-order valence-electron chi connectivity index (χ0n) is 13.9. The molecule has 0 spiro atoms. The van der Waals surface area contributed by atoms with Crippen molar-refractivity contribution in [2.75, 3.05) is 6.61 Å². The summed E-state index contributed by atoms with van der Waals surface area (Å²) in [6.07, 6.45) is 1.63. The molecule has 2 aromatic carbocycles. The second kappa shape index (κ2) is 6.43. The normalized spacial score (nSPS) is 15.5. The highest BCUT2D eigenvalue weighted by Gasteiger charge is 2.24. The van der Waals surface area contributed by atoms with Gasteiger partial charge in [0.1, 0.15) is 12.4 Å². The molecule has 0 radical (unpaired) electrons. The Hall–Kier alpha value is -3.08. The maximum Gasteiger partial charge on any atom is 0.300 e. The number of ether oxygens (including phenoxy) is 2. The molecule has 25 heavy (non-hydrogen) atoms. The van der Waals surface area contributed by atoms with Crippen molar-refractivity contribution >= 4 is 0 Å². The number of aromatic nitrogens is 2. The van der Waals surface area contributed by atoms with Gasteiger partial charge in [-0.1, -0.05) is 42.5 Å². The summed E-state index contributed by atoms with van der Waals surface area (Å²) in [7, 11) is 0.